The summed E-state index contributed by atoms with van der Waals surface area (Å²) in [6, 6.07) is 13.8. The Morgan fingerprint density at radius 2 is 0.821 bits per heavy atom. The molecular formula is C48H78ClO6P. The van der Waals surface area contributed by atoms with Gasteiger partial charge in [0.2, 0.25) is 0 Å². The molecule has 0 saturated carbocycles. The van der Waals surface area contributed by atoms with Crippen molar-refractivity contribution in [1.29, 1.82) is 0 Å². The van der Waals surface area contributed by atoms with Gasteiger partial charge in [0.15, 0.2) is 0 Å². The highest BCUT2D eigenvalue weighted by Gasteiger charge is 2.33. The molecule has 6 unspecified atom stereocenters. The quantitative estimate of drug-likeness (QED) is 0.0979. The first-order valence-corrected chi connectivity index (χ1v) is 23.2. The van der Waals surface area contributed by atoms with Gasteiger partial charge in [-0.05, 0) is 118 Å². The van der Waals surface area contributed by atoms with Crippen LogP contribution < -0.4 is 9.05 Å². The summed E-state index contributed by atoms with van der Waals surface area (Å²) in [6.07, 6.45) is 6.53. The molecule has 318 valence electrons. The Bertz CT molecular complexity index is 1380. The van der Waals surface area contributed by atoms with E-state index in [-0.39, 0.29) is 56.1 Å². The van der Waals surface area contributed by atoms with E-state index in [9.17, 15) is 9.59 Å². The van der Waals surface area contributed by atoms with Crippen molar-refractivity contribution in [3.63, 3.8) is 0 Å². The van der Waals surface area contributed by atoms with Crippen molar-refractivity contribution in [2.24, 2.45) is 57.2 Å². The molecule has 0 aliphatic heterocycles. The number of benzene rings is 2. The van der Waals surface area contributed by atoms with Gasteiger partial charge in [-0.15, -0.1) is 0 Å². The molecule has 0 spiro atoms. The molecule has 0 amide bonds. The molecule has 0 N–H and O–H groups in total. The smallest absolute Gasteiger partial charge is 0.401 e. The van der Waals surface area contributed by atoms with E-state index < -0.39 is 19.7 Å². The van der Waals surface area contributed by atoms with Gasteiger partial charge in [-0.2, -0.15) is 0 Å². The zero-order valence-electron chi connectivity index (χ0n) is 38.0. The largest absolute Gasteiger partial charge is 0.462 e. The van der Waals surface area contributed by atoms with Gasteiger partial charge in [-0.1, -0.05) is 148 Å². The van der Waals surface area contributed by atoms with E-state index in [0.29, 0.717) is 36.9 Å². The van der Waals surface area contributed by atoms with Crippen LogP contribution in [-0.2, 0) is 9.47 Å². The molecule has 0 heterocycles. The second kappa shape index (κ2) is 21.6. The zero-order valence-corrected chi connectivity index (χ0v) is 39.7. The first kappa shape index (κ1) is 49.8. The maximum absolute atomic E-state index is 13.6. The molecule has 0 bridgehead atoms. The van der Waals surface area contributed by atoms with Crippen molar-refractivity contribution >= 4 is 30.9 Å². The lowest BCUT2D eigenvalue weighted by Crippen LogP contribution is -2.30. The third-order valence-electron chi connectivity index (χ3n) is 12.0. The van der Waals surface area contributed by atoms with Crippen molar-refractivity contribution < 1.29 is 28.1 Å². The van der Waals surface area contributed by atoms with E-state index in [0.717, 1.165) is 38.5 Å². The predicted octanol–water partition coefficient (Wildman–Crippen LogP) is 15.2. The van der Waals surface area contributed by atoms with Gasteiger partial charge in [-0.3, -0.25) is 0 Å². The molecule has 2 aromatic carbocycles. The topological polar surface area (TPSA) is 71.1 Å². The van der Waals surface area contributed by atoms with E-state index in [2.05, 4.69) is 111 Å². The summed E-state index contributed by atoms with van der Waals surface area (Å²) in [5.41, 5.74) is 0.964. The molecule has 2 aromatic rings. The fraction of sp³-hybridized carbons (Fsp3) is 0.708. The maximum Gasteiger partial charge on any atom is 0.401 e. The summed E-state index contributed by atoms with van der Waals surface area (Å²) in [6.45, 7) is 37.0. The minimum atomic E-state index is -2.10. The number of carbonyl (C=O) groups excluding carboxylic acids is 2. The van der Waals surface area contributed by atoms with Crippen LogP contribution in [0.4, 0.5) is 0 Å². The standard InChI is InChI=1S/C48H78ClO6P/c1-17-35(45(5,6)7)27-33(3)29-37(47(11,12)13)31-52-43(50)39-23-19-21-25-41(39)54-56(49)55-42-26-22-20-24-40(42)44(51)53-32-38(48(14,15)16)30-34(4)28-36(18-2)46(8,9)10/h19-26,33-38H,17-18,27-32H2,1-16H3. The van der Waals surface area contributed by atoms with E-state index in [4.69, 9.17) is 29.8 Å². The number of para-hydroxylation sites is 2. The summed E-state index contributed by atoms with van der Waals surface area (Å²) in [7, 11) is -2.10. The Morgan fingerprint density at radius 3 is 1.11 bits per heavy atom. The Hall–Kier alpha value is -2.30. The summed E-state index contributed by atoms with van der Waals surface area (Å²) in [5, 5.41) is 0. The lowest BCUT2D eigenvalue weighted by molar-refractivity contribution is 0.0264. The van der Waals surface area contributed by atoms with E-state index in [1.807, 2.05) is 0 Å². The molecule has 56 heavy (non-hydrogen) atoms. The zero-order chi connectivity index (χ0) is 42.6. The molecule has 8 heteroatoms. The highest BCUT2D eigenvalue weighted by molar-refractivity contribution is 7.76. The number of hydrogen-bond donors (Lipinski definition) is 0. The fourth-order valence-electron chi connectivity index (χ4n) is 7.85. The molecule has 2 rings (SSSR count). The van der Waals surface area contributed by atoms with Crippen LogP contribution in [0.25, 0.3) is 0 Å². The van der Waals surface area contributed by atoms with Gasteiger partial charge >= 0.3 is 19.7 Å². The normalized spacial score (nSPS) is 16.5. The second-order valence-corrected chi connectivity index (χ2v) is 22.4. The van der Waals surface area contributed by atoms with E-state index >= 15 is 0 Å². The van der Waals surface area contributed by atoms with Crippen LogP contribution in [-0.4, -0.2) is 25.2 Å². The second-order valence-electron chi connectivity index (χ2n) is 20.8. The highest BCUT2D eigenvalue weighted by Crippen LogP contribution is 2.47. The Labute approximate surface area is 348 Å². The Morgan fingerprint density at radius 1 is 0.536 bits per heavy atom. The minimum absolute atomic E-state index is 0.0444. The van der Waals surface area contributed by atoms with Crippen LogP contribution >= 0.6 is 19.0 Å². The van der Waals surface area contributed by atoms with Gasteiger partial charge < -0.3 is 18.5 Å². The van der Waals surface area contributed by atoms with Gasteiger partial charge in [0, 0.05) is 0 Å². The van der Waals surface area contributed by atoms with Crippen molar-refractivity contribution in [1.82, 2.24) is 0 Å². The van der Waals surface area contributed by atoms with Gasteiger partial charge in [0.1, 0.15) is 22.6 Å². The van der Waals surface area contributed by atoms with Gasteiger partial charge in [0.05, 0.1) is 13.2 Å². The van der Waals surface area contributed by atoms with E-state index in [1.54, 1.807) is 48.5 Å². The maximum atomic E-state index is 13.6. The molecule has 0 saturated heterocycles. The first-order chi connectivity index (χ1) is 25.8. The molecule has 0 radical (unpaired) electrons. The molecule has 0 fully saturated rings. The fourth-order valence-corrected chi connectivity index (χ4v) is 8.97. The molecule has 0 aliphatic rings. The third kappa shape index (κ3) is 16.5. The van der Waals surface area contributed by atoms with Crippen molar-refractivity contribution in [3.05, 3.63) is 59.7 Å². The average molecular weight is 818 g/mol. The summed E-state index contributed by atoms with van der Waals surface area (Å²) in [4.78, 5) is 27.1. The van der Waals surface area contributed by atoms with Gasteiger partial charge in [-0.25, -0.2) is 9.59 Å². The lowest BCUT2D eigenvalue weighted by atomic mass is 9.71. The highest BCUT2D eigenvalue weighted by atomic mass is 35.7. The number of rotatable bonds is 20. The predicted molar refractivity (Wildman–Crippen MR) is 237 cm³/mol. The Kier molecular flexibility index (Phi) is 19.3. The summed E-state index contributed by atoms with van der Waals surface area (Å²) >= 11 is 6.68. The number of esters is 2. The van der Waals surface area contributed by atoms with Crippen LogP contribution in [0.5, 0.6) is 11.5 Å². The van der Waals surface area contributed by atoms with Crippen LogP contribution in [0.15, 0.2) is 48.5 Å². The first-order valence-electron chi connectivity index (χ1n) is 21.1. The summed E-state index contributed by atoms with van der Waals surface area (Å²) in [5.74, 6) is 2.19. The molecule has 6 nitrogen and oxygen atoms in total. The van der Waals surface area contributed by atoms with Gasteiger partial charge in [0.25, 0.3) is 0 Å². The summed E-state index contributed by atoms with van der Waals surface area (Å²) < 4.78 is 24.0. The van der Waals surface area contributed by atoms with Crippen LogP contribution in [0.2, 0.25) is 0 Å². The van der Waals surface area contributed by atoms with Crippen LogP contribution in [0.3, 0.4) is 0 Å². The minimum Gasteiger partial charge on any atom is -0.462 e. The Balaban J connectivity index is 2.12. The van der Waals surface area contributed by atoms with Crippen molar-refractivity contribution in [2.75, 3.05) is 13.2 Å². The van der Waals surface area contributed by atoms with E-state index in [1.165, 1.54) is 0 Å². The number of halogens is 1. The van der Waals surface area contributed by atoms with Crippen LogP contribution in [0.1, 0.15) is 170 Å². The average Bonchev–Trinajstić information content (AvgIpc) is 3.07. The number of hydrogen-bond acceptors (Lipinski definition) is 6. The molecule has 0 aromatic heterocycles. The SMILES string of the molecule is CCC(CC(C)CC(COC(=O)c1ccccc1OP(Cl)Oc1ccccc1C(=O)OCC(CC(C)CC(CC)C(C)(C)C)C(C)(C)C)C(C)(C)C)C(C)(C)C. The molecular weight excluding hydrogens is 739 g/mol. The molecule has 0 aliphatic carbocycles. The number of ether oxygens (including phenoxy) is 2. The monoisotopic (exact) mass is 817 g/mol. The van der Waals surface area contributed by atoms with Crippen molar-refractivity contribution in [3.8, 4) is 11.5 Å². The number of carbonyl (C=O) groups is 2. The lowest BCUT2D eigenvalue weighted by Gasteiger charge is -2.36. The molecule has 6 atom stereocenters. The third-order valence-corrected chi connectivity index (χ3v) is 13.1. The van der Waals surface area contributed by atoms with Crippen LogP contribution in [0, 0.1) is 57.2 Å². The van der Waals surface area contributed by atoms with Crippen molar-refractivity contribution in [2.45, 2.75) is 149 Å².